The smallest absolute Gasteiger partial charge is 0.138 e. The highest BCUT2D eigenvalue weighted by atomic mass is 32.1. The van der Waals surface area contributed by atoms with E-state index in [1.54, 1.807) is 17.7 Å². The van der Waals surface area contributed by atoms with Gasteiger partial charge in [-0.15, -0.1) is 11.3 Å². The average Bonchev–Trinajstić information content (AvgIpc) is 2.81. The Kier molecular flexibility index (Phi) is 4.33. The van der Waals surface area contributed by atoms with Gasteiger partial charge in [-0.25, -0.2) is 9.97 Å². The third kappa shape index (κ3) is 2.95. The standard InChI is InChI=1S/C17H25N3O2S/c1-11-12(2)23-15-13(11)14(19-10-20-15)18-8-16(3,4)17(21)6-5-7-22-9-17/h10,21H,5-9H2,1-4H3,(H,18,19,20). The molecule has 3 rings (SSSR count). The van der Waals surface area contributed by atoms with Crippen LogP contribution in [-0.4, -0.2) is 40.4 Å². The largest absolute Gasteiger partial charge is 0.387 e. The quantitative estimate of drug-likeness (QED) is 0.897. The van der Waals surface area contributed by atoms with Crippen LogP contribution in [0.4, 0.5) is 5.82 Å². The van der Waals surface area contributed by atoms with E-state index >= 15 is 0 Å². The van der Waals surface area contributed by atoms with Gasteiger partial charge in [0.2, 0.25) is 0 Å². The van der Waals surface area contributed by atoms with E-state index in [9.17, 15) is 5.11 Å². The van der Waals surface area contributed by atoms with Gasteiger partial charge in [0.05, 0.1) is 17.6 Å². The molecular formula is C17H25N3O2S. The first-order chi connectivity index (χ1) is 10.8. The number of aryl methyl sites for hydroxylation is 2. The molecule has 0 bridgehead atoms. The summed E-state index contributed by atoms with van der Waals surface area (Å²) in [6, 6.07) is 0. The summed E-state index contributed by atoms with van der Waals surface area (Å²) in [4.78, 5) is 11.1. The van der Waals surface area contributed by atoms with Gasteiger partial charge in [-0.2, -0.15) is 0 Å². The number of anilines is 1. The zero-order valence-corrected chi connectivity index (χ0v) is 15.1. The Morgan fingerprint density at radius 2 is 2.17 bits per heavy atom. The fourth-order valence-corrected chi connectivity index (χ4v) is 4.10. The number of thiophene rings is 1. The zero-order valence-electron chi connectivity index (χ0n) is 14.3. The fourth-order valence-electron chi connectivity index (χ4n) is 3.10. The lowest BCUT2D eigenvalue weighted by Crippen LogP contribution is -2.53. The molecule has 1 aliphatic heterocycles. The summed E-state index contributed by atoms with van der Waals surface area (Å²) < 4.78 is 5.51. The molecule has 2 N–H and O–H groups in total. The second-order valence-electron chi connectivity index (χ2n) is 7.11. The molecule has 5 nitrogen and oxygen atoms in total. The van der Waals surface area contributed by atoms with Crippen LogP contribution in [0.15, 0.2) is 6.33 Å². The third-order valence-electron chi connectivity index (χ3n) is 5.14. The van der Waals surface area contributed by atoms with Crippen LogP contribution in [0.25, 0.3) is 10.2 Å². The number of aromatic nitrogens is 2. The third-order valence-corrected chi connectivity index (χ3v) is 6.26. The van der Waals surface area contributed by atoms with Crippen LogP contribution >= 0.6 is 11.3 Å². The van der Waals surface area contributed by atoms with Crippen LogP contribution in [0.2, 0.25) is 0 Å². The Labute approximate surface area is 141 Å². The summed E-state index contributed by atoms with van der Waals surface area (Å²) in [5.41, 5.74) is 0.110. The summed E-state index contributed by atoms with van der Waals surface area (Å²) in [5.74, 6) is 0.852. The Morgan fingerprint density at radius 1 is 1.39 bits per heavy atom. The highest BCUT2D eigenvalue weighted by Crippen LogP contribution is 2.38. The van der Waals surface area contributed by atoms with Crippen molar-refractivity contribution in [2.24, 2.45) is 5.41 Å². The van der Waals surface area contributed by atoms with E-state index in [1.165, 1.54) is 10.4 Å². The van der Waals surface area contributed by atoms with Crippen LogP contribution in [0.1, 0.15) is 37.1 Å². The predicted molar refractivity (Wildman–Crippen MR) is 94.2 cm³/mol. The lowest BCUT2D eigenvalue weighted by atomic mass is 9.72. The van der Waals surface area contributed by atoms with Crippen molar-refractivity contribution in [2.75, 3.05) is 25.1 Å². The van der Waals surface area contributed by atoms with Crippen LogP contribution in [0, 0.1) is 19.3 Å². The molecule has 0 aromatic carbocycles. The maximum Gasteiger partial charge on any atom is 0.138 e. The van der Waals surface area contributed by atoms with Gasteiger partial charge in [0.1, 0.15) is 17.0 Å². The summed E-state index contributed by atoms with van der Waals surface area (Å²) in [6.07, 6.45) is 3.28. The first kappa shape index (κ1) is 16.6. The summed E-state index contributed by atoms with van der Waals surface area (Å²) in [7, 11) is 0. The molecule has 1 atom stereocenters. The lowest BCUT2D eigenvalue weighted by Gasteiger charge is -2.45. The van der Waals surface area contributed by atoms with Crippen molar-refractivity contribution < 1.29 is 9.84 Å². The Balaban J connectivity index is 1.83. The number of rotatable bonds is 4. The molecule has 0 spiro atoms. The van der Waals surface area contributed by atoms with Gasteiger partial charge >= 0.3 is 0 Å². The zero-order chi connectivity index (χ0) is 16.7. The molecule has 6 heteroatoms. The number of fused-ring (bicyclic) bond motifs is 1. The van der Waals surface area contributed by atoms with Crippen molar-refractivity contribution in [3.8, 4) is 0 Å². The van der Waals surface area contributed by atoms with Gasteiger partial charge in [-0.1, -0.05) is 13.8 Å². The van der Waals surface area contributed by atoms with Crippen LogP contribution in [0.5, 0.6) is 0 Å². The lowest BCUT2D eigenvalue weighted by molar-refractivity contribution is -0.146. The van der Waals surface area contributed by atoms with Gasteiger partial charge in [0.15, 0.2) is 0 Å². The number of aliphatic hydroxyl groups is 1. The molecule has 23 heavy (non-hydrogen) atoms. The number of hydrogen-bond donors (Lipinski definition) is 2. The van der Waals surface area contributed by atoms with Gasteiger partial charge in [0.25, 0.3) is 0 Å². The molecule has 0 aliphatic carbocycles. The van der Waals surface area contributed by atoms with E-state index in [4.69, 9.17) is 4.74 Å². The van der Waals surface area contributed by atoms with Crippen LogP contribution < -0.4 is 5.32 Å². The maximum atomic E-state index is 11.0. The first-order valence-electron chi connectivity index (χ1n) is 8.09. The number of nitrogens with one attached hydrogen (secondary N) is 1. The highest BCUT2D eigenvalue weighted by Gasteiger charge is 2.44. The minimum absolute atomic E-state index is 0.316. The first-order valence-corrected chi connectivity index (χ1v) is 8.90. The fraction of sp³-hybridized carbons (Fsp3) is 0.647. The molecular weight excluding hydrogens is 310 g/mol. The van der Waals surface area contributed by atoms with E-state index in [0.717, 1.165) is 35.5 Å². The topological polar surface area (TPSA) is 67.3 Å². The number of ether oxygens (including phenoxy) is 1. The van der Waals surface area contributed by atoms with Gasteiger partial charge < -0.3 is 15.2 Å². The van der Waals surface area contributed by atoms with Crippen molar-refractivity contribution in [1.82, 2.24) is 9.97 Å². The summed E-state index contributed by atoms with van der Waals surface area (Å²) in [6.45, 7) is 10.2. The van der Waals surface area contributed by atoms with E-state index < -0.39 is 5.60 Å². The van der Waals surface area contributed by atoms with E-state index in [1.807, 2.05) is 0 Å². The van der Waals surface area contributed by atoms with Crippen LogP contribution in [-0.2, 0) is 4.74 Å². The van der Waals surface area contributed by atoms with Crippen molar-refractivity contribution in [3.05, 3.63) is 16.8 Å². The van der Waals surface area contributed by atoms with Crippen molar-refractivity contribution >= 4 is 27.4 Å². The predicted octanol–water partition coefficient (Wildman–Crippen LogP) is 3.29. The van der Waals surface area contributed by atoms with Crippen molar-refractivity contribution in [1.29, 1.82) is 0 Å². The van der Waals surface area contributed by atoms with Gasteiger partial charge in [-0.3, -0.25) is 0 Å². The molecule has 3 heterocycles. The highest BCUT2D eigenvalue weighted by molar-refractivity contribution is 7.18. The number of hydrogen-bond acceptors (Lipinski definition) is 6. The second kappa shape index (κ2) is 6.00. The minimum atomic E-state index is -0.802. The summed E-state index contributed by atoms with van der Waals surface area (Å²) in [5, 5.41) is 15.5. The molecule has 1 fully saturated rings. The molecule has 2 aromatic heterocycles. The molecule has 126 valence electrons. The monoisotopic (exact) mass is 335 g/mol. The Bertz CT molecular complexity index is 705. The molecule has 0 amide bonds. The minimum Gasteiger partial charge on any atom is -0.387 e. The molecule has 0 saturated carbocycles. The molecule has 2 aromatic rings. The Morgan fingerprint density at radius 3 is 2.87 bits per heavy atom. The van der Waals surface area contributed by atoms with Crippen molar-refractivity contribution in [3.63, 3.8) is 0 Å². The van der Waals surface area contributed by atoms with Gasteiger partial charge in [-0.05, 0) is 32.3 Å². The Hall–Kier alpha value is -1.24. The van der Waals surface area contributed by atoms with E-state index in [2.05, 4.69) is 43.0 Å². The molecule has 0 radical (unpaired) electrons. The second-order valence-corrected chi connectivity index (χ2v) is 8.31. The summed E-state index contributed by atoms with van der Waals surface area (Å²) >= 11 is 1.69. The van der Waals surface area contributed by atoms with Crippen LogP contribution in [0.3, 0.4) is 0 Å². The van der Waals surface area contributed by atoms with E-state index in [-0.39, 0.29) is 5.41 Å². The molecule has 1 saturated heterocycles. The normalized spacial score (nSPS) is 22.5. The maximum absolute atomic E-state index is 11.0. The van der Waals surface area contributed by atoms with Gasteiger partial charge in [0, 0.05) is 23.4 Å². The average molecular weight is 335 g/mol. The number of nitrogens with zero attached hydrogens (tertiary/aromatic N) is 2. The molecule has 1 unspecified atom stereocenters. The molecule has 1 aliphatic rings. The van der Waals surface area contributed by atoms with E-state index in [0.29, 0.717) is 13.2 Å². The van der Waals surface area contributed by atoms with Crippen molar-refractivity contribution in [2.45, 2.75) is 46.1 Å². The SMILES string of the molecule is Cc1sc2ncnc(NCC(C)(C)C3(O)CCCOC3)c2c1C.